The second-order valence-corrected chi connectivity index (χ2v) is 14.4. The molecule has 0 aliphatic rings. The first-order chi connectivity index (χ1) is 26.6. The molecule has 0 unspecified atom stereocenters. The number of hydrogen-bond acceptors (Lipinski definition) is 0. The van der Waals surface area contributed by atoms with Gasteiger partial charge in [-0.3, -0.25) is 0 Å². The fourth-order valence-electron chi connectivity index (χ4n) is 8.20. The molecule has 0 aliphatic heterocycles. The molecule has 2 aromatic heterocycles. The van der Waals surface area contributed by atoms with Gasteiger partial charge in [0.15, 0.2) is 0 Å². The fourth-order valence-corrected chi connectivity index (χ4v) is 8.20. The summed E-state index contributed by atoms with van der Waals surface area (Å²) >= 11 is 0. The lowest BCUT2D eigenvalue weighted by Crippen LogP contribution is -1.96. The fraction of sp³-hybridized carbons (Fsp3) is 0.0385. The van der Waals surface area contributed by atoms with E-state index in [-0.39, 0.29) is 0 Å². The molecule has 0 bridgehead atoms. The number of fused-ring (bicyclic) bond motifs is 6. The van der Waals surface area contributed by atoms with E-state index in [1.165, 1.54) is 99.5 Å². The standard InChI is InChI=1S/C52H38N2/c1-35-18-30-51-46(32-35)47-33-36(2)19-31-52(47)53(51)42-11-9-10-41(34-42)39-26-22-37(23-27-39)20-21-38-24-28-40(29-25-38)43-12-3-6-15-48(43)54-49-16-7-4-13-44(49)45-14-5-8-17-50(45)54/h3-34H,1-2H3/b21-20+. The highest BCUT2D eigenvalue weighted by Crippen LogP contribution is 2.37. The smallest absolute Gasteiger partial charge is 0.0541 e. The Kier molecular flexibility index (Phi) is 7.63. The molecule has 0 saturated heterocycles. The zero-order valence-electron chi connectivity index (χ0n) is 30.4. The van der Waals surface area contributed by atoms with Crippen LogP contribution in [0.3, 0.4) is 0 Å². The SMILES string of the molecule is Cc1ccc2c(c1)c1cc(C)ccc1n2-c1cccc(-c2ccc(/C=C/c3ccc(-c4ccccc4-n4c5ccccc5c5ccccc54)cc3)cc2)c1. The molecule has 10 aromatic rings. The zero-order chi connectivity index (χ0) is 36.2. The molecule has 0 amide bonds. The van der Waals surface area contributed by atoms with Gasteiger partial charge in [0.05, 0.1) is 27.8 Å². The van der Waals surface area contributed by atoms with Crippen LogP contribution in [0.4, 0.5) is 0 Å². The lowest BCUT2D eigenvalue weighted by Gasteiger charge is -2.14. The van der Waals surface area contributed by atoms with Gasteiger partial charge < -0.3 is 9.13 Å². The molecule has 256 valence electrons. The average Bonchev–Trinajstić information content (AvgIpc) is 3.72. The van der Waals surface area contributed by atoms with E-state index in [0.29, 0.717) is 0 Å². The number of para-hydroxylation sites is 3. The maximum absolute atomic E-state index is 2.40. The molecular weight excluding hydrogens is 653 g/mol. The van der Waals surface area contributed by atoms with Crippen molar-refractivity contribution in [1.82, 2.24) is 9.13 Å². The van der Waals surface area contributed by atoms with Crippen molar-refractivity contribution in [3.8, 4) is 33.6 Å². The van der Waals surface area contributed by atoms with Crippen molar-refractivity contribution < 1.29 is 0 Å². The van der Waals surface area contributed by atoms with Crippen molar-refractivity contribution in [2.45, 2.75) is 13.8 Å². The van der Waals surface area contributed by atoms with Gasteiger partial charge in [0.1, 0.15) is 0 Å². The highest BCUT2D eigenvalue weighted by Gasteiger charge is 2.16. The summed E-state index contributed by atoms with van der Waals surface area (Å²) in [5.41, 5.74) is 17.0. The van der Waals surface area contributed by atoms with Gasteiger partial charge >= 0.3 is 0 Å². The molecule has 0 aliphatic carbocycles. The molecular formula is C52H38N2. The number of benzene rings is 8. The van der Waals surface area contributed by atoms with Gasteiger partial charge in [0, 0.05) is 32.8 Å². The van der Waals surface area contributed by atoms with E-state index in [9.17, 15) is 0 Å². The third-order valence-electron chi connectivity index (χ3n) is 10.8. The zero-order valence-corrected chi connectivity index (χ0v) is 30.4. The third kappa shape index (κ3) is 5.43. The summed E-state index contributed by atoms with van der Waals surface area (Å²) in [6.07, 6.45) is 4.40. The highest BCUT2D eigenvalue weighted by atomic mass is 15.0. The van der Waals surface area contributed by atoms with Crippen molar-refractivity contribution >= 4 is 55.8 Å². The Balaban J connectivity index is 0.919. The van der Waals surface area contributed by atoms with Crippen LogP contribution in [0.25, 0.3) is 89.4 Å². The maximum atomic E-state index is 2.40. The van der Waals surface area contributed by atoms with Gasteiger partial charge in [-0.1, -0.05) is 151 Å². The molecule has 2 heterocycles. The Hall–Kier alpha value is -6.90. The van der Waals surface area contributed by atoms with Crippen LogP contribution in [0.5, 0.6) is 0 Å². The lowest BCUT2D eigenvalue weighted by atomic mass is 10.0. The Morgan fingerprint density at radius 2 is 0.870 bits per heavy atom. The average molecular weight is 691 g/mol. The Morgan fingerprint density at radius 3 is 1.48 bits per heavy atom. The summed E-state index contributed by atoms with van der Waals surface area (Å²) in [4.78, 5) is 0. The Labute approximate surface area is 315 Å². The Bertz CT molecular complexity index is 2930. The van der Waals surface area contributed by atoms with E-state index >= 15 is 0 Å². The molecule has 0 radical (unpaired) electrons. The van der Waals surface area contributed by atoms with Crippen LogP contribution in [-0.2, 0) is 0 Å². The van der Waals surface area contributed by atoms with Crippen LogP contribution < -0.4 is 0 Å². The van der Waals surface area contributed by atoms with Crippen LogP contribution in [0.15, 0.2) is 182 Å². The van der Waals surface area contributed by atoms with E-state index in [4.69, 9.17) is 0 Å². The van der Waals surface area contributed by atoms with Gasteiger partial charge in [0.25, 0.3) is 0 Å². The van der Waals surface area contributed by atoms with Crippen LogP contribution in [0.2, 0.25) is 0 Å². The lowest BCUT2D eigenvalue weighted by molar-refractivity contribution is 1.18. The predicted octanol–water partition coefficient (Wildman–Crippen LogP) is 14.0. The van der Waals surface area contributed by atoms with E-state index in [1.54, 1.807) is 0 Å². The second-order valence-electron chi connectivity index (χ2n) is 14.4. The van der Waals surface area contributed by atoms with Crippen molar-refractivity contribution in [3.63, 3.8) is 0 Å². The summed E-state index contributed by atoms with van der Waals surface area (Å²) in [5, 5.41) is 5.15. The number of aryl methyl sites for hydroxylation is 2. The first kappa shape index (κ1) is 31.8. The minimum absolute atomic E-state index is 1.17. The van der Waals surface area contributed by atoms with Gasteiger partial charge in [-0.25, -0.2) is 0 Å². The quantitative estimate of drug-likeness (QED) is 0.154. The minimum Gasteiger partial charge on any atom is -0.309 e. The predicted molar refractivity (Wildman–Crippen MR) is 231 cm³/mol. The molecule has 8 aromatic carbocycles. The second kappa shape index (κ2) is 12.9. The van der Waals surface area contributed by atoms with Crippen LogP contribution in [0, 0.1) is 13.8 Å². The number of nitrogens with zero attached hydrogens (tertiary/aromatic N) is 2. The van der Waals surface area contributed by atoms with Gasteiger partial charge in [0.2, 0.25) is 0 Å². The summed E-state index contributed by atoms with van der Waals surface area (Å²) in [5.74, 6) is 0. The first-order valence-corrected chi connectivity index (χ1v) is 18.7. The molecule has 2 nitrogen and oxygen atoms in total. The first-order valence-electron chi connectivity index (χ1n) is 18.7. The monoisotopic (exact) mass is 690 g/mol. The van der Waals surface area contributed by atoms with Crippen LogP contribution in [0.1, 0.15) is 22.3 Å². The normalized spacial score (nSPS) is 11.8. The van der Waals surface area contributed by atoms with Crippen LogP contribution in [-0.4, -0.2) is 9.13 Å². The molecule has 54 heavy (non-hydrogen) atoms. The molecule has 0 N–H and O–H groups in total. The molecule has 0 atom stereocenters. The summed E-state index contributed by atoms with van der Waals surface area (Å²) in [6, 6.07) is 66.3. The summed E-state index contributed by atoms with van der Waals surface area (Å²) in [6.45, 7) is 4.34. The number of aromatic nitrogens is 2. The summed E-state index contributed by atoms with van der Waals surface area (Å²) < 4.78 is 4.80. The van der Waals surface area contributed by atoms with Crippen molar-refractivity contribution in [2.75, 3.05) is 0 Å². The largest absolute Gasteiger partial charge is 0.309 e. The van der Waals surface area contributed by atoms with E-state index in [2.05, 4.69) is 217 Å². The maximum Gasteiger partial charge on any atom is 0.0541 e. The minimum atomic E-state index is 1.17. The molecule has 0 saturated carbocycles. The van der Waals surface area contributed by atoms with Gasteiger partial charge in [-0.2, -0.15) is 0 Å². The van der Waals surface area contributed by atoms with E-state index in [1.807, 2.05) is 0 Å². The Morgan fingerprint density at radius 1 is 0.352 bits per heavy atom. The molecule has 10 rings (SSSR count). The highest BCUT2D eigenvalue weighted by molar-refractivity contribution is 6.10. The number of rotatable bonds is 6. The molecule has 0 fully saturated rings. The molecule has 2 heteroatoms. The van der Waals surface area contributed by atoms with E-state index in [0.717, 1.165) is 0 Å². The topological polar surface area (TPSA) is 9.86 Å². The van der Waals surface area contributed by atoms with Crippen molar-refractivity contribution in [1.29, 1.82) is 0 Å². The van der Waals surface area contributed by atoms with Crippen molar-refractivity contribution in [3.05, 3.63) is 204 Å². The van der Waals surface area contributed by atoms with Gasteiger partial charge in [-0.15, -0.1) is 0 Å². The van der Waals surface area contributed by atoms with Gasteiger partial charge in [-0.05, 0) is 96.3 Å². The van der Waals surface area contributed by atoms with E-state index < -0.39 is 0 Å². The number of hydrogen-bond donors (Lipinski definition) is 0. The third-order valence-corrected chi connectivity index (χ3v) is 10.8. The van der Waals surface area contributed by atoms with Crippen molar-refractivity contribution in [2.24, 2.45) is 0 Å². The van der Waals surface area contributed by atoms with Crippen LogP contribution >= 0.6 is 0 Å². The molecule has 0 spiro atoms. The summed E-state index contributed by atoms with van der Waals surface area (Å²) in [7, 11) is 0.